The number of rotatable bonds is 6. The Morgan fingerprint density at radius 1 is 1.30 bits per heavy atom. The Balaban J connectivity index is 2.17. The standard InChI is InChI=1S/C16H21BrN4O2/c1-4-13-14(16(23)19-7-5-6-18-11(3)22)21-9-10(2)8-12(17)15(21)20-13/h8-9H,4-7H2,1-3H3,(H,18,22)(H,19,23). The van der Waals surface area contributed by atoms with Gasteiger partial charge in [0.25, 0.3) is 5.91 Å². The third-order valence-corrected chi connectivity index (χ3v) is 4.03. The van der Waals surface area contributed by atoms with Crippen LogP contribution in [0.2, 0.25) is 0 Å². The van der Waals surface area contributed by atoms with Crippen molar-refractivity contribution in [1.29, 1.82) is 0 Å². The molecule has 0 radical (unpaired) electrons. The molecule has 7 heteroatoms. The maximum Gasteiger partial charge on any atom is 0.270 e. The van der Waals surface area contributed by atoms with Gasteiger partial charge in [-0.05, 0) is 47.3 Å². The van der Waals surface area contributed by atoms with E-state index in [0.29, 0.717) is 31.6 Å². The molecule has 0 aliphatic carbocycles. The van der Waals surface area contributed by atoms with E-state index >= 15 is 0 Å². The van der Waals surface area contributed by atoms with Gasteiger partial charge in [0.15, 0.2) is 5.65 Å². The van der Waals surface area contributed by atoms with E-state index in [-0.39, 0.29) is 11.8 Å². The molecule has 2 aromatic rings. The second kappa shape index (κ2) is 7.59. The Morgan fingerprint density at radius 2 is 2.00 bits per heavy atom. The van der Waals surface area contributed by atoms with Gasteiger partial charge in [0.05, 0.1) is 10.2 Å². The number of imidazole rings is 1. The van der Waals surface area contributed by atoms with Gasteiger partial charge in [0, 0.05) is 26.2 Å². The Hall–Kier alpha value is -1.89. The van der Waals surface area contributed by atoms with E-state index in [0.717, 1.165) is 21.4 Å². The summed E-state index contributed by atoms with van der Waals surface area (Å²) in [4.78, 5) is 27.9. The summed E-state index contributed by atoms with van der Waals surface area (Å²) in [5, 5.41) is 5.61. The average molecular weight is 381 g/mol. The summed E-state index contributed by atoms with van der Waals surface area (Å²) in [6.07, 6.45) is 3.28. The zero-order chi connectivity index (χ0) is 17.0. The molecule has 0 unspecified atom stereocenters. The van der Waals surface area contributed by atoms with Gasteiger partial charge < -0.3 is 10.6 Å². The van der Waals surface area contributed by atoms with Crippen LogP contribution in [0.25, 0.3) is 5.65 Å². The topological polar surface area (TPSA) is 75.5 Å². The summed E-state index contributed by atoms with van der Waals surface area (Å²) in [5.41, 5.74) is 3.14. The van der Waals surface area contributed by atoms with E-state index in [2.05, 4.69) is 31.5 Å². The Morgan fingerprint density at radius 3 is 2.65 bits per heavy atom. The number of halogens is 1. The first kappa shape index (κ1) is 17.5. The van der Waals surface area contributed by atoms with Crippen LogP contribution >= 0.6 is 15.9 Å². The maximum atomic E-state index is 12.5. The second-order valence-electron chi connectivity index (χ2n) is 5.41. The second-order valence-corrected chi connectivity index (χ2v) is 6.27. The van der Waals surface area contributed by atoms with Crippen molar-refractivity contribution in [3.05, 3.63) is 33.7 Å². The Kier molecular flexibility index (Phi) is 5.76. The number of hydrogen-bond donors (Lipinski definition) is 2. The fraction of sp³-hybridized carbons (Fsp3) is 0.438. The van der Waals surface area contributed by atoms with Crippen LogP contribution in [0.3, 0.4) is 0 Å². The summed E-state index contributed by atoms with van der Waals surface area (Å²) < 4.78 is 2.71. The van der Waals surface area contributed by atoms with E-state index in [4.69, 9.17) is 0 Å². The minimum atomic E-state index is -0.144. The highest BCUT2D eigenvalue weighted by Crippen LogP contribution is 2.22. The molecule has 0 aliphatic heterocycles. The van der Waals surface area contributed by atoms with Crippen molar-refractivity contribution in [2.24, 2.45) is 0 Å². The molecule has 0 spiro atoms. The highest BCUT2D eigenvalue weighted by Gasteiger charge is 2.19. The molecule has 2 amide bonds. The molecule has 0 fully saturated rings. The van der Waals surface area contributed by atoms with Gasteiger partial charge >= 0.3 is 0 Å². The van der Waals surface area contributed by atoms with Gasteiger partial charge in [-0.1, -0.05) is 6.92 Å². The smallest absolute Gasteiger partial charge is 0.270 e. The highest BCUT2D eigenvalue weighted by molar-refractivity contribution is 9.10. The molecule has 0 saturated heterocycles. The highest BCUT2D eigenvalue weighted by atomic mass is 79.9. The minimum absolute atomic E-state index is 0.0632. The van der Waals surface area contributed by atoms with Crippen LogP contribution in [-0.2, 0) is 11.2 Å². The fourth-order valence-corrected chi connectivity index (χ4v) is 3.05. The largest absolute Gasteiger partial charge is 0.356 e. The van der Waals surface area contributed by atoms with E-state index in [9.17, 15) is 9.59 Å². The quantitative estimate of drug-likeness (QED) is 0.754. The van der Waals surface area contributed by atoms with Crippen LogP contribution in [0, 0.1) is 6.92 Å². The monoisotopic (exact) mass is 380 g/mol. The van der Waals surface area contributed by atoms with Crippen LogP contribution in [0.5, 0.6) is 0 Å². The number of amides is 2. The third-order valence-electron chi connectivity index (χ3n) is 3.45. The molecule has 0 aromatic carbocycles. The number of aromatic nitrogens is 2. The average Bonchev–Trinajstić information content (AvgIpc) is 2.85. The van der Waals surface area contributed by atoms with Crippen LogP contribution < -0.4 is 10.6 Å². The molecule has 124 valence electrons. The number of aryl methyl sites for hydroxylation is 2. The van der Waals surface area contributed by atoms with Gasteiger partial charge in [-0.3, -0.25) is 14.0 Å². The van der Waals surface area contributed by atoms with Crippen molar-refractivity contribution in [3.63, 3.8) is 0 Å². The first-order chi connectivity index (χ1) is 10.9. The van der Waals surface area contributed by atoms with E-state index in [1.54, 1.807) is 0 Å². The lowest BCUT2D eigenvalue weighted by Crippen LogP contribution is -2.30. The number of carbonyl (C=O) groups is 2. The van der Waals surface area contributed by atoms with Crippen molar-refractivity contribution >= 4 is 33.4 Å². The molecule has 0 atom stereocenters. The zero-order valence-corrected chi connectivity index (χ0v) is 15.2. The number of hydrogen-bond acceptors (Lipinski definition) is 3. The van der Waals surface area contributed by atoms with E-state index < -0.39 is 0 Å². The Labute approximate surface area is 143 Å². The van der Waals surface area contributed by atoms with Crippen LogP contribution in [0.4, 0.5) is 0 Å². The van der Waals surface area contributed by atoms with Gasteiger partial charge in [-0.2, -0.15) is 0 Å². The fourth-order valence-electron chi connectivity index (χ4n) is 2.40. The molecule has 23 heavy (non-hydrogen) atoms. The molecule has 0 saturated carbocycles. The van der Waals surface area contributed by atoms with Crippen molar-refractivity contribution < 1.29 is 9.59 Å². The third kappa shape index (κ3) is 4.10. The molecule has 2 N–H and O–H groups in total. The SMILES string of the molecule is CCc1nc2c(Br)cc(C)cn2c1C(=O)NCCCNC(C)=O. The van der Waals surface area contributed by atoms with Gasteiger partial charge in [-0.25, -0.2) is 4.98 Å². The zero-order valence-electron chi connectivity index (χ0n) is 13.6. The lowest BCUT2D eigenvalue weighted by Gasteiger charge is -2.08. The summed E-state index contributed by atoms with van der Waals surface area (Å²) in [6, 6.07) is 1.98. The first-order valence-corrected chi connectivity index (χ1v) is 8.43. The normalized spacial score (nSPS) is 10.8. The van der Waals surface area contributed by atoms with Crippen molar-refractivity contribution in [1.82, 2.24) is 20.0 Å². The van der Waals surface area contributed by atoms with Crippen LogP contribution in [-0.4, -0.2) is 34.3 Å². The van der Waals surface area contributed by atoms with Gasteiger partial charge in [0.2, 0.25) is 5.91 Å². The molecule has 0 bridgehead atoms. The van der Waals surface area contributed by atoms with E-state index in [1.165, 1.54) is 6.92 Å². The molecule has 2 rings (SSSR count). The first-order valence-electron chi connectivity index (χ1n) is 7.63. The summed E-state index contributed by atoms with van der Waals surface area (Å²) in [6.45, 7) is 6.49. The molecule has 6 nitrogen and oxygen atoms in total. The number of carbonyl (C=O) groups excluding carboxylic acids is 2. The van der Waals surface area contributed by atoms with Crippen LogP contribution in [0.1, 0.15) is 42.0 Å². The summed E-state index contributed by atoms with van der Waals surface area (Å²) >= 11 is 3.50. The maximum absolute atomic E-state index is 12.5. The number of nitrogens with zero attached hydrogens (tertiary/aromatic N) is 2. The molecule has 2 aromatic heterocycles. The molecule has 2 heterocycles. The van der Waals surface area contributed by atoms with E-state index in [1.807, 2.05) is 30.5 Å². The van der Waals surface area contributed by atoms with Gasteiger partial charge in [0.1, 0.15) is 5.69 Å². The van der Waals surface area contributed by atoms with Crippen molar-refractivity contribution in [3.8, 4) is 0 Å². The predicted molar refractivity (Wildman–Crippen MR) is 92.6 cm³/mol. The van der Waals surface area contributed by atoms with Gasteiger partial charge in [-0.15, -0.1) is 0 Å². The number of nitrogens with one attached hydrogen (secondary N) is 2. The van der Waals surface area contributed by atoms with Crippen LogP contribution in [0.15, 0.2) is 16.7 Å². The van der Waals surface area contributed by atoms with Crippen molar-refractivity contribution in [2.75, 3.05) is 13.1 Å². The lowest BCUT2D eigenvalue weighted by molar-refractivity contribution is -0.118. The molecular weight excluding hydrogens is 360 g/mol. The van der Waals surface area contributed by atoms with Crippen molar-refractivity contribution in [2.45, 2.75) is 33.6 Å². The lowest BCUT2D eigenvalue weighted by atomic mass is 10.2. The molecule has 0 aliphatic rings. The summed E-state index contributed by atoms with van der Waals surface area (Å²) in [7, 11) is 0. The number of pyridine rings is 1. The number of fused-ring (bicyclic) bond motifs is 1. The molecular formula is C16H21BrN4O2. The Bertz CT molecular complexity index is 739. The predicted octanol–water partition coefficient (Wildman–Crippen LogP) is 2.22. The summed E-state index contributed by atoms with van der Waals surface area (Å²) in [5.74, 6) is -0.207. The minimum Gasteiger partial charge on any atom is -0.356 e.